The largest absolute Gasteiger partial charge is 0.456 e. The summed E-state index contributed by atoms with van der Waals surface area (Å²) >= 11 is 6.85. The second-order valence-electron chi connectivity index (χ2n) is 9.82. The Kier molecular flexibility index (Phi) is 4.64. The molecule has 0 spiro atoms. The topological polar surface area (TPSA) is 13.1 Å². The molecule has 0 atom stereocenters. The highest BCUT2D eigenvalue weighted by Gasteiger charge is 2.17. The summed E-state index contributed by atoms with van der Waals surface area (Å²) in [6.45, 7) is 0. The van der Waals surface area contributed by atoms with Crippen LogP contribution in [0.2, 0.25) is 5.02 Å². The van der Waals surface area contributed by atoms with Crippen LogP contribution in [-0.4, -0.2) is 0 Å². The van der Waals surface area contributed by atoms with Gasteiger partial charge >= 0.3 is 0 Å². The van der Waals surface area contributed by atoms with Crippen molar-refractivity contribution in [2.45, 2.75) is 0 Å². The van der Waals surface area contributed by atoms with E-state index in [1.54, 1.807) is 0 Å². The van der Waals surface area contributed by atoms with E-state index < -0.39 is 0 Å². The molecule has 7 aromatic carbocycles. The maximum Gasteiger partial charge on any atom is 0.135 e. The van der Waals surface area contributed by atoms with Crippen LogP contribution in [0.5, 0.6) is 0 Å². The molecule has 0 aliphatic carbocycles. The number of para-hydroxylation sites is 1. The number of hydrogen-bond acceptors (Lipinski definition) is 1. The molecule has 0 saturated heterocycles. The van der Waals surface area contributed by atoms with E-state index in [0.29, 0.717) is 0 Å². The van der Waals surface area contributed by atoms with E-state index in [2.05, 4.69) is 103 Å². The van der Waals surface area contributed by atoms with E-state index in [1.807, 2.05) is 24.3 Å². The highest BCUT2D eigenvalue weighted by molar-refractivity contribution is 6.37. The average molecular weight is 505 g/mol. The Morgan fingerprint density at radius 3 is 1.95 bits per heavy atom. The lowest BCUT2D eigenvalue weighted by molar-refractivity contribution is 0.669. The first-order chi connectivity index (χ1) is 18.8. The van der Waals surface area contributed by atoms with Crippen molar-refractivity contribution in [1.82, 2.24) is 0 Å². The monoisotopic (exact) mass is 504 g/mol. The minimum Gasteiger partial charge on any atom is -0.456 e. The van der Waals surface area contributed by atoms with Gasteiger partial charge in [0.2, 0.25) is 0 Å². The molecule has 8 rings (SSSR count). The molecule has 1 heterocycles. The number of furan rings is 1. The molecule has 1 aromatic heterocycles. The van der Waals surface area contributed by atoms with Gasteiger partial charge in [-0.25, -0.2) is 0 Å². The van der Waals surface area contributed by atoms with Gasteiger partial charge in [0.15, 0.2) is 0 Å². The fraction of sp³-hybridized carbons (Fsp3) is 0. The van der Waals surface area contributed by atoms with Crippen molar-refractivity contribution in [3.05, 3.63) is 132 Å². The van der Waals surface area contributed by atoms with Gasteiger partial charge in [-0.3, -0.25) is 0 Å². The van der Waals surface area contributed by atoms with Gasteiger partial charge < -0.3 is 4.42 Å². The van der Waals surface area contributed by atoms with Gasteiger partial charge in [0.25, 0.3) is 0 Å². The van der Waals surface area contributed by atoms with Gasteiger partial charge in [-0.05, 0) is 79.5 Å². The highest BCUT2D eigenvalue weighted by Crippen LogP contribution is 2.44. The predicted octanol–water partition coefficient (Wildman–Crippen LogP) is 11.0. The van der Waals surface area contributed by atoms with Crippen LogP contribution in [0.1, 0.15) is 0 Å². The van der Waals surface area contributed by atoms with Crippen molar-refractivity contribution in [2.24, 2.45) is 0 Å². The fourth-order valence-electron chi connectivity index (χ4n) is 6.02. The Balaban J connectivity index is 1.51. The molecule has 178 valence electrons. The van der Waals surface area contributed by atoms with Crippen LogP contribution in [0.3, 0.4) is 0 Å². The normalized spacial score (nSPS) is 11.8. The van der Waals surface area contributed by atoms with Crippen molar-refractivity contribution < 1.29 is 4.42 Å². The van der Waals surface area contributed by atoms with Crippen LogP contribution in [-0.2, 0) is 0 Å². The quantitative estimate of drug-likeness (QED) is 0.213. The van der Waals surface area contributed by atoms with E-state index in [9.17, 15) is 0 Å². The summed E-state index contributed by atoms with van der Waals surface area (Å²) in [6, 6.07) is 45.0. The van der Waals surface area contributed by atoms with E-state index in [-0.39, 0.29) is 0 Å². The Hall–Kier alpha value is -4.59. The van der Waals surface area contributed by atoms with Gasteiger partial charge in [-0.2, -0.15) is 0 Å². The molecule has 38 heavy (non-hydrogen) atoms. The summed E-state index contributed by atoms with van der Waals surface area (Å²) in [4.78, 5) is 0. The van der Waals surface area contributed by atoms with E-state index in [0.717, 1.165) is 43.3 Å². The first-order valence-corrected chi connectivity index (χ1v) is 13.2. The number of hydrogen-bond donors (Lipinski definition) is 0. The summed E-state index contributed by atoms with van der Waals surface area (Å²) in [6.07, 6.45) is 0. The summed E-state index contributed by atoms with van der Waals surface area (Å²) in [5, 5.41) is 10.1. The second-order valence-corrected chi connectivity index (χ2v) is 10.2. The zero-order valence-corrected chi connectivity index (χ0v) is 21.2. The number of benzene rings is 7. The third kappa shape index (κ3) is 3.13. The Bertz CT molecular complexity index is 2200. The summed E-state index contributed by atoms with van der Waals surface area (Å²) in [7, 11) is 0. The number of halogens is 1. The molecular weight excluding hydrogens is 484 g/mol. The molecule has 8 aromatic rings. The van der Waals surface area contributed by atoms with Crippen molar-refractivity contribution in [3.8, 4) is 22.3 Å². The highest BCUT2D eigenvalue weighted by atomic mass is 35.5. The summed E-state index contributed by atoms with van der Waals surface area (Å²) in [5.41, 5.74) is 6.57. The molecule has 0 radical (unpaired) electrons. The molecule has 1 nitrogen and oxygen atoms in total. The molecule has 0 aliphatic heterocycles. The Morgan fingerprint density at radius 2 is 1.05 bits per heavy atom. The zero-order valence-electron chi connectivity index (χ0n) is 20.4. The Morgan fingerprint density at radius 1 is 0.421 bits per heavy atom. The molecule has 0 unspecified atom stereocenters. The second kappa shape index (κ2) is 8.21. The summed E-state index contributed by atoms with van der Waals surface area (Å²) in [5.74, 6) is 0. The molecule has 0 amide bonds. The lowest BCUT2D eigenvalue weighted by Crippen LogP contribution is -1.90. The smallest absolute Gasteiger partial charge is 0.135 e. The van der Waals surface area contributed by atoms with E-state index >= 15 is 0 Å². The maximum absolute atomic E-state index is 6.85. The van der Waals surface area contributed by atoms with Crippen LogP contribution in [0, 0.1) is 0 Å². The van der Waals surface area contributed by atoms with Gasteiger partial charge in [0.1, 0.15) is 11.2 Å². The molecule has 2 heteroatoms. The molecular formula is C36H21ClO. The van der Waals surface area contributed by atoms with Crippen LogP contribution in [0.25, 0.3) is 76.5 Å². The third-order valence-corrected chi connectivity index (χ3v) is 8.06. The van der Waals surface area contributed by atoms with Crippen LogP contribution in [0.15, 0.2) is 132 Å². The maximum atomic E-state index is 6.85. The van der Waals surface area contributed by atoms with Crippen molar-refractivity contribution >= 4 is 65.9 Å². The van der Waals surface area contributed by atoms with E-state index in [4.69, 9.17) is 16.0 Å². The summed E-state index contributed by atoms with van der Waals surface area (Å²) < 4.78 is 6.13. The molecule has 0 N–H and O–H groups in total. The van der Waals surface area contributed by atoms with Crippen molar-refractivity contribution in [1.29, 1.82) is 0 Å². The minimum absolute atomic E-state index is 0.758. The van der Waals surface area contributed by atoms with Crippen LogP contribution >= 0.6 is 11.6 Å². The fourth-order valence-corrected chi connectivity index (χ4v) is 6.25. The van der Waals surface area contributed by atoms with Crippen molar-refractivity contribution in [3.63, 3.8) is 0 Å². The first-order valence-electron chi connectivity index (χ1n) is 12.8. The van der Waals surface area contributed by atoms with Crippen molar-refractivity contribution in [2.75, 3.05) is 0 Å². The first kappa shape index (κ1) is 21.5. The minimum atomic E-state index is 0.758. The predicted molar refractivity (Wildman–Crippen MR) is 162 cm³/mol. The molecule has 0 fully saturated rings. The molecule has 0 aliphatic rings. The average Bonchev–Trinajstić information content (AvgIpc) is 3.34. The van der Waals surface area contributed by atoms with Gasteiger partial charge in [0.05, 0.1) is 0 Å². The lowest BCUT2D eigenvalue weighted by atomic mass is 9.87. The standard InChI is InChI=1S/C36H21ClO/c37-33-16-7-15-29-31(33)21-30-26(25-12-5-9-22-8-1-2-10-24(22)25)13-6-14-28(30)36(29)23-18-19-35-32(20-23)27-11-3-4-17-34(27)38-35/h1-21H. The SMILES string of the molecule is Clc1cccc2c(-c3ccc4oc5ccccc5c4c3)c3cccc(-c4cccc5ccccc45)c3cc12. The van der Waals surface area contributed by atoms with Crippen LogP contribution in [0.4, 0.5) is 0 Å². The number of rotatable bonds is 2. The van der Waals surface area contributed by atoms with Gasteiger partial charge in [-0.1, -0.05) is 109 Å². The molecule has 0 bridgehead atoms. The van der Waals surface area contributed by atoms with Gasteiger partial charge in [0, 0.05) is 21.2 Å². The Labute approximate surface area is 224 Å². The third-order valence-electron chi connectivity index (χ3n) is 7.73. The van der Waals surface area contributed by atoms with Crippen LogP contribution < -0.4 is 0 Å². The lowest BCUT2D eigenvalue weighted by Gasteiger charge is -2.17. The van der Waals surface area contributed by atoms with E-state index in [1.165, 1.54) is 38.2 Å². The zero-order chi connectivity index (χ0) is 25.2. The number of fused-ring (bicyclic) bond motifs is 6. The van der Waals surface area contributed by atoms with Gasteiger partial charge in [-0.15, -0.1) is 0 Å². The molecule has 0 saturated carbocycles.